The van der Waals surface area contributed by atoms with Gasteiger partial charge in [-0.25, -0.2) is 13.6 Å². The highest BCUT2D eigenvalue weighted by molar-refractivity contribution is 6.15. The van der Waals surface area contributed by atoms with E-state index < -0.39 is 23.4 Å². The van der Waals surface area contributed by atoms with Crippen LogP contribution in [-0.2, 0) is 13.0 Å². The van der Waals surface area contributed by atoms with Gasteiger partial charge in [0.2, 0.25) is 0 Å². The van der Waals surface area contributed by atoms with E-state index in [4.69, 9.17) is 0 Å². The number of aromatic nitrogens is 2. The molecule has 0 radical (unpaired) electrons. The smallest absolute Gasteiger partial charge is 0.353 e. The first kappa shape index (κ1) is 21.2. The number of pyridine rings is 1. The lowest BCUT2D eigenvalue weighted by Gasteiger charge is -2.09. The van der Waals surface area contributed by atoms with Gasteiger partial charge in [-0.1, -0.05) is 12.1 Å². The van der Waals surface area contributed by atoms with Crippen LogP contribution in [0, 0.1) is 11.6 Å². The number of aromatic carboxylic acids is 1. The normalized spacial score (nSPS) is 11.1. The van der Waals surface area contributed by atoms with Crippen molar-refractivity contribution in [3.8, 4) is 5.75 Å². The maximum absolute atomic E-state index is 13.5. The van der Waals surface area contributed by atoms with Gasteiger partial charge >= 0.3 is 5.97 Å². The van der Waals surface area contributed by atoms with E-state index in [1.807, 2.05) is 0 Å². The molecule has 4 aromatic rings. The average Bonchev–Trinajstić information content (AvgIpc) is 3.08. The van der Waals surface area contributed by atoms with Crippen LogP contribution in [-0.4, -0.2) is 31.5 Å². The van der Waals surface area contributed by atoms with Gasteiger partial charge in [-0.15, -0.1) is 0 Å². The van der Waals surface area contributed by atoms with E-state index in [1.165, 1.54) is 28.8 Å². The molecule has 0 aliphatic heterocycles. The molecule has 0 bridgehead atoms. The van der Waals surface area contributed by atoms with Gasteiger partial charge in [-0.2, -0.15) is 0 Å². The third-order valence-corrected chi connectivity index (χ3v) is 5.20. The summed E-state index contributed by atoms with van der Waals surface area (Å²) >= 11 is 0. The molecule has 0 spiro atoms. The lowest BCUT2D eigenvalue weighted by molar-refractivity contribution is 0.0681. The van der Waals surface area contributed by atoms with E-state index in [0.29, 0.717) is 22.2 Å². The van der Waals surface area contributed by atoms with Crippen molar-refractivity contribution >= 4 is 22.7 Å². The second-order valence-electron chi connectivity index (χ2n) is 7.31. The summed E-state index contributed by atoms with van der Waals surface area (Å²) < 4.78 is 28.1. The minimum absolute atomic E-state index is 0.00557. The number of phenolic OH excluding ortho intramolecular Hbond substituents is 1. The standard InChI is InChI=1S/C24H18F2N2O4/c25-18-8-4-14(11-19(18)26)5-9-21(30)22-17-7-6-16(29)12-20(17)28(23(22)24(31)32)13-15-3-1-2-10-27-15/h1-4,6-8,10-12,29H,5,9,13H2,(H,31,32). The number of carbonyl (C=O) groups excluding carboxylic acids is 1. The lowest BCUT2D eigenvalue weighted by Crippen LogP contribution is -2.14. The van der Waals surface area contributed by atoms with E-state index in [2.05, 4.69) is 4.98 Å². The lowest BCUT2D eigenvalue weighted by atomic mass is 10.00. The molecule has 0 unspecified atom stereocenters. The Morgan fingerprint density at radius 2 is 1.81 bits per heavy atom. The highest BCUT2D eigenvalue weighted by Crippen LogP contribution is 2.31. The number of aryl methyl sites for hydroxylation is 1. The Morgan fingerprint density at radius 3 is 2.50 bits per heavy atom. The Morgan fingerprint density at radius 1 is 1.00 bits per heavy atom. The van der Waals surface area contributed by atoms with Gasteiger partial charge in [0.25, 0.3) is 0 Å². The summed E-state index contributed by atoms with van der Waals surface area (Å²) in [6, 6.07) is 12.9. The van der Waals surface area contributed by atoms with Gasteiger partial charge in [-0.05, 0) is 48.4 Å². The topological polar surface area (TPSA) is 92.4 Å². The summed E-state index contributed by atoms with van der Waals surface area (Å²) in [6.45, 7) is 0.0822. The van der Waals surface area contributed by atoms with Gasteiger partial charge in [0.05, 0.1) is 23.3 Å². The van der Waals surface area contributed by atoms with Crippen LogP contribution in [0.4, 0.5) is 8.78 Å². The number of Topliss-reactive ketones (excluding diaryl/α,β-unsaturated/α-hetero) is 1. The summed E-state index contributed by atoms with van der Waals surface area (Å²) in [5, 5.41) is 20.3. The third kappa shape index (κ3) is 4.07. The molecule has 0 aliphatic rings. The monoisotopic (exact) mass is 436 g/mol. The maximum atomic E-state index is 13.5. The number of nitrogens with zero attached hydrogens (tertiary/aromatic N) is 2. The molecular formula is C24H18F2N2O4. The Balaban J connectivity index is 1.77. The van der Waals surface area contributed by atoms with Crippen LogP contribution >= 0.6 is 0 Å². The number of aromatic hydroxyl groups is 1. The number of phenols is 1. The summed E-state index contributed by atoms with van der Waals surface area (Å²) in [5.41, 5.74) is 1.17. The van der Waals surface area contributed by atoms with Crippen LogP contribution in [0.15, 0.2) is 60.8 Å². The molecule has 2 heterocycles. The third-order valence-electron chi connectivity index (χ3n) is 5.20. The van der Waals surface area contributed by atoms with Gasteiger partial charge in [0.1, 0.15) is 11.4 Å². The van der Waals surface area contributed by atoms with Crippen LogP contribution < -0.4 is 0 Å². The Bertz CT molecular complexity index is 1330. The Labute approximate surface area is 181 Å². The molecule has 2 aromatic carbocycles. The van der Waals surface area contributed by atoms with Gasteiger partial charge in [0.15, 0.2) is 17.4 Å². The number of hydrogen-bond acceptors (Lipinski definition) is 4. The number of carbonyl (C=O) groups is 2. The van der Waals surface area contributed by atoms with Crippen molar-refractivity contribution in [2.24, 2.45) is 0 Å². The molecule has 0 fully saturated rings. The van der Waals surface area contributed by atoms with Crippen molar-refractivity contribution in [3.63, 3.8) is 0 Å². The highest BCUT2D eigenvalue weighted by Gasteiger charge is 2.27. The fourth-order valence-electron chi connectivity index (χ4n) is 3.74. The largest absolute Gasteiger partial charge is 0.508 e. The number of rotatable bonds is 7. The van der Waals surface area contributed by atoms with Crippen LogP contribution in [0.2, 0.25) is 0 Å². The Hall–Kier alpha value is -4.07. The van der Waals surface area contributed by atoms with Gasteiger partial charge in [-0.3, -0.25) is 9.78 Å². The molecule has 0 saturated carbocycles. The number of fused-ring (bicyclic) bond motifs is 1. The van der Waals surface area contributed by atoms with E-state index in [1.54, 1.807) is 24.4 Å². The van der Waals surface area contributed by atoms with Gasteiger partial charge in [0, 0.05) is 24.1 Å². The first-order valence-corrected chi connectivity index (χ1v) is 9.80. The quantitative estimate of drug-likeness (QED) is 0.414. The summed E-state index contributed by atoms with van der Waals surface area (Å²) in [6.07, 6.45) is 1.59. The Kier molecular flexibility index (Phi) is 5.68. The second-order valence-corrected chi connectivity index (χ2v) is 7.31. The molecule has 0 aliphatic carbocycles. The van der Waals surface area contributed by atoms with Crippen LogP contribution in [0.3, 0.4) is 0 Å². The van der Waals surface area contributed by atoms with Crippen LogP contribution in [0.1, 0.15) is 38.5 Å². The molecule has 0 amide bonds. The summed E-state index contributed by atoms with van der Waals surface area (Å²) in [4.78, 5) is 29.6. The van der Waals surface area contributed by atoms with Crippen molar-refractivity contribution in [1.82, 2.24) is 9.55 Å². The average molecular weight is 436 g/mol. The van der Waals surface area contributed by atoms with Crippen LogP contribution in [0.5, 0.6) is 5.75 Å². The molecule has 6 nitrogen and oxygen atoms in total. The fourth-order valence-corrected chi connectivity index (χ4v) is 3.74. The number of benzene rings is 2. The predicted octanol–water partition coefficient (Wildman–Crippen LogP) is 4.58. The van der Waals surface area contributed by atoms with E-state index in [-0.39, 0.29) is 36.4 Å². The zero-order valence-corrected chi connectivity index (χ0v) is 16.8. The second kappa shape index (κ2) is 8.58. The van der Waals surface area contributed by atoms with Crippen molar-refractivity contribution in [2.45, 2.75) is 19.4 Å². The number of halogens is 2. The number of carboxylic acids is 1. The van der Waals surface area contributed by atoms with Crippen molar-refractivity contribution in [1.29, 1.82) is 0 Å². The zero-order chi connectivity index (χ0) is 22.8. The van der Waals surface area contributed by atoms with Crippen molar-refractivity contribution in [2.75, 3.05) is 0 Å². The first-order valence-electron chi connectivity index (χ1n) is 9.80. The number of carboxylic acid groups (broad SMARTS) is 1. The molecule has 2 N–H and O–H groups in total. The maximum Gasteiger partial charge on any atom is 0.353 e. The summed E-state index contributed by atoms with van der Waals surface area (Å²) in [7, 11) is 0. The van der Waals surface area contributed by atoms with Crippen LogP contribution in [0.25, 0.3) is 10.9 Å². The molecule has 32 heavy (non-hydrogen) atoms. The van der Waals surface area contributed by atoms with Gasteiger partial charge < -0.3 is 14.8 Å². The minimum Gasteiger partial charge on any atom is -0.508 e. The van der Waals surface area contributed by atoms with E-state index in [9.17, 15) is 28.6 Å². The molecule has 4 rings (SSSR count). The highest BCUT2D eigenvalue weighted by atomic mass is 19.2. The number of hydrogen-bond donors (Lipinski definition) is 2. The first-order chi connectivity index (χ1) is 15.3. The SMILES string of the molecule is O=C(CCc1ccc(F)c(F)c1)c1c(C(=O)O)n(Cc2ccccn2)c2cc(O)ccc12. The molecule has 8 heteroatoms. The predicted molar refractivity (Wildman–Crippen MR) is 113 cm³/mol. The molecular weight excluding hydrogens is 418 g/mol. The van der Waals surface area contributed by atoms with Crippen molar-refractivity contribution < 1.29 is 28.6 Å². The summed E-state index contributed by atoms with van der Waals surface area (Å²) in [5.74, 6) is -3.82. The molecule has 2 aromatic heterocycles. The minimum atomic E-state index is -1.30. The molecule has 0 saturated heterocycles. The van der Waals surface area contributed by atoms with E-state index >= 15 is 0 Å². The number of ketones is 1. The fraction of sp³-hybridized carbons (Fsp3) is 0.125. The molecule has 0 atom stereocenters. The zero-order valence-electron chi connectivity index (χ0n) is 16.8. The molecule has 162 valence electrons. The van der Waals surface area contributed by atoms with E-state index in [0.717, 1.165) is 12.1 Å². The van der Waals surface area contributed by atoms with Crippen molar-refractivity contribution in [3.05, 3.63) is 94.9 Å².